The summed E-state index contributed by atoms with van der Waals surface area (Å²) in [4.78, 5) is 15.7. The molecule has 0 bridgehead atoms. The highest BCUT2D eigenvalue weighted by Crippen LogP contribution is 2.35. The Kier molecular flexibility index (Phi) is 3.52. The van der Waals surface area contributed by atoms with Gasteiger partial charge >= 0.3 is 0 Å². The molecule has 92 valence electrons. The first-order valence-corrected chi connectivity index (χ1v) is 6.76. The SMILES string of the molecule is CC(Br)(C(N)=O)c1ccc(C2CCCC2)cn1. The fourth-order valence-electron chi connectivity index (χ4n) is 2.31. The summed E-state index contributed by atoms with van der Waals surface area (Å²) in [6.45, 7) is 1.73. The van der Waals surface area contributed by atoms with Crippen molar-refractivity contribution in [2.75, 3.05) is 0 Å². The van der Waals surface area contributed by atoms with Gasteiger partial charge in [0.15, 0.2) is 0 Å². The van der Waals surface area contributed by atoms with E-state index in [4.69, 9.17) is 5.73 Å². The molecule has 1 heterocycles. The molecule has 0 aromatic carbocycles. The zero-order valence-electron chi connectivity index (χ0n) is 9.95. The molecule has 1 amide bonds. The Morgan fingerprint density at radius 3 is 2.59 bits per heavy atom. The van der Waals surface area contributed by atoms with E-state index in [9.17, 15) is 4.79 Å². The number of nitrogens with zero attached hydrogens (tertiary/aromatic N) is 1. The van der Waals surface area contributed by atoms with Gasteiger partial charge in [0, 0.05) is 6.20 Å². The molecule has 1 aliphatic carbocycles. The van der Waals surface area contributed by atoms with Crippen LogP contribution in [0.2, 0.25) is 0 Å². The molecule has 3 nitrogen and oxygen atoms in total. The molecular formula is C13H17BrN2O. The van der Waals surface area contributed by atoms with Crippen LogP contribution in [-0.4, -0.2) is 10.9 Å². The third-order valence-corrected chi connectivity index (χ3v) is 4.35. The fraction of sp³-hybridized carbons (Fsp3) is 0.538. The molecule has 0 radical (unpaired) electrons. The third-order valence-electron chi connectivity index (χ3n) is 3.56. The molecule has 1 aliphatic rings. The molecule has 1 aromatic rings. The second kappa shape index (κ2) is 4.77. The van der Waals surface area contributed by atoms with Gasteiger partial charge in [0.1, 0.15) is 4.32 Å². The number of carbonyl (C=O) groups excluding carboxylic acids is 1. The molecule has 1 unspecified atom stereocenters. The number of alkyl halides is 1. The van der Waals surface area contributed by atoms with E-state index >= 15 is 0 Å². The summed E-state index contributed by atoms with van der Waals surface area (Å²) in [5, 5.41) is 0. The average Bonchev–Trinajstić information content (AvgIpc) is 2.82. The monoisotopic (exact) mass is 296 g/mol. The number of hydrogen-bond acceptors (Lipinski definition) is 2. The lowest BCUT2D eigenvalue weighted by Gasteiger charge is -2.18. The number of amides is 1. The van der Waals surface area contributed by atoms with Crippen molar-refractivity contribution in [2.45, 2.75) is 42.8 Å². The van der Waals surface area contributed by atoms with Gasteiger partial charge in [-0.05, 0) is 37.3 Å². The lowest BCUT2D eigenvalue weighted by atomic mass is 9.98. The molecule has 0 aliphatic heterocycles. The van der Waals surface area contributed by atoms with Crippen molar-refractivity contribution in [3.8, 4) is 0 Å². The predicted octanol–water partition coefficient (Wildman–Crippen LogP) is 2.83. The summed E-state index contributed by atoms with van der Waals surface area (Å²) < 4.78 is -0.874. The van der Waals surface area contributed by atoms with Crippen LogP contribution in [0.25, 0.3) is 0 Å². The summed E-state index contributed by atoms with van der Waals surface area (Å²) >= 11 is 3.33. The molecule has 2 N–H and O–H groups in total. The molecule has 1 fully saturated rings. The first-order valence-electron chi connectivity index (χ1n) is 5.97. The Bertz CT molecular complexity index is 408. The molecule has 1 aromatic heterocycles. The van der Waals surface area contributed by atoms with Gasteiger partial charge in [-0.15, -0.1) is 0 Å². The molecule has 2 rings (SSSR count). The van der Waals surface area contributed by atoms with Crippen LogP contribution in [0.15, 0.2) is 18.3 Å². The second-order valence-electron chi connectivity index (χ2n) is 4.83. The van der Waals surface area contributed by atoms with Crippen molar-refractivity contribution < 1.29 is 4.79 Å². The third kappa shape index (κ3) is 2.51. The number of pyridine rings is 1. The molecular weight excluding hydrogens is 280 g/mol. The molecule has 0 saturated heterocycles. The van der Waals surface area contributed by atoms with Crippen LogP contribution in [0, 0.1) is 0 Å². The smallest absolute Gasteiger partial charge is 0.240 e. The van der Waals surface area contributed by atoms with Crippen LogP contribution in [-0.2, 0) is 9.12 Å². The summed E-state index contributed by atoms with van der Waals surface area (Å²) in [5.41, 5.74) is 7.29. The van der Waals surface area contributed by atoms with Gasteiger partial charge in [-0.3, -0.25) is 9.78 Å². The predicted molar refractivity (Wildman–Crippen MR) is 70.9 cm³/mol. The Labute approximate surface area is 110 Å². The fourth-order valence-corrected chi connectivity index (χ4v) is 2.54. The normalized spacial score (nSPS) is 20.1. The minimum Gasteiger partial charge on any atom is -0.368 e. The van der Waals surface area contributed by atoms with Gasteiger partial charge in [-0.2, -0.15) is 0 Å². The van der Waals surface area contributed by atoms with Gasteiger partial charge in [-0.1, -0.05) is 34.8 Å². The Morgan fingerprint density at radius 2 is 2.12 bits per heavy atom. The van der Waals surface area contributed by atoms with Crippen molar-refractivity contribution in [3.63, 3.8) is 0 Å². The lowest BCUT2D eigenvalue weighted by Crippen LogP contribution is -2.33. The number of rotatable bonds is 3. The van der Waals surface area contributed by atoms with E-state index in [1.54, 1.807) is 6.92 Å². The van der Waals surface area contributed by atoms with Gasteiger partial charge in [0.25, 0.3) is 0 Å². The van der Waals surface area contributed by atoms with Crippen LogP contribution in [0.5, 0.6) is 0 Å². The van der Waals surface area contributed by atoms with Crippen molar-refractivity contribution >= 4 is 21.8 Å². The number of hydrogen-bond donors (Lipinski definition) is 1. The molecule has 4 heteroatoms. The van der Waals surface area contributed by atoms with Gasteiger partial charge in [0.2, 0.25) is 5.91 Å². The topological polar surface area (TPSA) is 56.0 Å². The maximum absolute atomic E-state index is 11.3. The number of carbonyl (C=O) groups is 1. The zero-order valence-corrected chi connectivity index (χ0v) is 11.5. The van der Waals surface area contributed by atoms with Gasteiger partial charge in [0.05, 0.1) is 5.69 Å². The summed E-state index contributed by atoms with van der Waals surface area (Å²) in [6, 6.07) is 3.97. The van der Waals surface area contributed by atoms with E-state index in [-0.39, 0.29) is 0 Å². The molecule has 0 spiro atoms. The largest absolute Gasteiger partial charge is 0.368 e. The van der Waals surface area contributed by atoms with E-state index in [0.29, 0.717) is 11.6 Å². The lowest BCUT2D eigenvalue weighted by molar-refractivity contribution is -0.120. The number of halogens is 1. The van der Waals surface area contributed by atoms with Gasteiger partial charge in [-0.25, -0.2) is 0 Å². The van der Waals surface area contributed by atoms with E-state index in [2.05, 4.69) is 27.0 Å². The Morgan fingerprint density at radius 1 is 1.47 bits per heavy atom. The quantitative estimate of drug-likeness (QED) is 0.872. The number of nitrogens with two attached hydrogens (primary N) is 1. The van der Waals surface area contributed by atoms with Crippen LogP contribution in [0.1, 0.15) is 49.8 Å². The first kappa shape index (κ1) is 12.6. The van der Waals surface area contributed by atoms with Crippen LogP contribution in [0.4, 0.5) is 0 Å². The minimum absolute atomic E-state index is 0.418. The van der Waals surface area contributed by atoms with E-state index in [1.807, 2.05) is 12.3 Å². The highest BCUT2D eigenvalue weighted by molar-refractivity contribution is 9.10. The number of aromatic nitrogens is 1. The summed E-state index contributed by atoms with van der Waals surface area (Å²) in [6.07, 6.45) is 7.01. The average molecular weight is 297 g/mol. The van der Waals surface area contributed by atoms with Crippen LogP contribution < -0.4 is 5.73 Å². The Hall–Kier alpha value is -0.900. The highest BCUT2D eigenvalue weighted by atomic mass is 79.9. The second-order valence-corrected chi connectivity index (χ2v) is 6.41. The molecule has 1 atom stereocenters. The van der Waals surface area contributed by atoms with Crippen molar-refractivity contribution in [1.29, 1.82) is 0 Å². The number of primary amides is 1. The zero-order chi connectivity index (χ0) is 12.5. The van der Waals surface area contributed by atoms with Crippen molar-refractivity contribution in [1.82, 2.24) is 4.98 Å². The standard InChI is InChI=1S/C13H17BrN2O/c1-13(14,12(15)17)11-7-6-10(8-16-11)9-4-2-3-5-9/h6-9H,2-5H2,1H3,(H2,15,17). The first-order chi connectivity index (χ1) is 8.01. The molecule has 1 saturated carbocycles. The highest BCUT2D eigenvalue weighted by Gasteiger charge is 2.31. The van der Waals surface area contributed by atoms with E-state index in [0.717, 1.165) is 0 Å². The maximum atomic E-state index is 11.3. The van der Waals surface area contributed by atoms with Crippen molar-refractivity contribution in [3.05, 3.63) is 29.6 Å². The summed E-state index contributed by atoms with van der Waals surface area (Å²) in [5.74, 6) is 0.227. The van der Waals surface area contributed by atoms with E-state index in [1.165, 1.54) is 31.2 Å². The van der Waals surface area contributed by atoms with Crippen LogP contribution >= 0.6 is 15.9 Å². The molecule has 17 heavy (non-hydrogen) atoms. The van der Waals surface area contributed by atoms with Crippen molar-refractivity contribution in [2.24, 2.45) is 5.73 Å². The maximum Gasteiger partial charge on any atom is 0.240 e. The van der Waals surface area contributed by atoms with E-state index < -0.39 is 10.2 Å². The van der Waals surface area contributed by atoms with Crippen LogP contribution in [0.3, 0.4) is 0 Å². The van der Waals surface area contributed by atoms with Gasteiger partial charge < -0.3 is 5.73 Å². The summed E-state index contributed by atoms with van der Waals surface area (Å²) in [7, 11) is 0. The minimum atomic E-state index is -0.874. The Balaban J connectivity index is 2.20.